The summed E-state index contributed by atoms with van der Waals surface area (Å²) in [6, 6.07) is 22.8. The zero-order chi connectivity index (χ0) is 27.3. The molecule has 6 rings (SSSR count). The van der Waals surface area contributed by atoms with Crippen LogP contribution in [0.2, 0.25) is 0 Å². The number of amides is 2. The highest BCUT2D eigenvalue weighted by Crippen LogP contribution is 2.30. The number of likely N-dealkylation sites (tertiary alicyclic amines) is 2. The molecule has 3 aromatic carbocycles. The zero-order valence-electron chi connectivity index (χ0n) is 23.1. The normalized spacial score (nSPS) is 19.4. The number of imide groups is 1. The van der Waals surface area contributed by atoms with Gasteiger partial charge >= 0.3 is 0 Å². The molecule has 2 amide bonds. The Labute approximate surface area is 237 Å². The number of carbonyl (C=O) groups is 2. The third-order valence-electron chi connectivity index (χ3n) is 8.36. The molecule has 3 aliphatic rings. The molecule has 0 unspecified atom stereocenters. The number of nitrogens with zero attached hydrogens (tertiary/aromatic N) is 2. The van der Waals surface area contributed by atoms with Crippen molar-refractivity contribution >= 4 is 23.1 Å². The molecular weight excluding hydrogens is 496 g/mol. The molecule has 3 aromatic rings. The highest BCUT2D eigenvalue weighted by Gasteiger charge is 2.27. The Morgan fingerprint density at radius 1 is 0.625 bits per heavy atom. The summed E-state index contributed by atoms with van der Waals surface area (Å²) in [6.45, 7) is 6.65. The van der Waals surface area contributed by atoms with E-state index in [1.807, 2.05) is 30.3 Å². The summed E-state index contributed by atoms with van der Waals surface area (Å²) in [5.41, 5.74) is 7.17. The molecule has 0 aliphatic carbocycles. The Hall–Kier alpha value is -3.74. The van der Waals surface area contributed by atoms with Crippen LogP contribution in [0.25, 0.3) is 16.7 Å². The van der Waals surface area contributed by atoms with Gasteiger partial charge in [-0.25, -0.2) is 0 Å². The molecule has 2 fully saturated rings. The fraction of sp³-hybridized carbons (Fsp3) is 0.353. The second kappa shape index (κ2) is 12.2. The van der Waals surface area contributed by atoms with Crippen molar-refractivity contribution in [2.45, 2.75) is 51.6 Å². The second-order valence-electron chi connectivity index (χ2n) is 11.3. The minimum atomic E-state index is -0.388. The zero-order valence-corrected chi connectivity index (χ0v) is 23.1. The van der Waals surface area contributed by atoms with Gasteiger partial charge in [0.2, 0.25) is 0 Å². The van der Waals surface area contributed by atoms with E-state index in [9.17, 15) is 9.59 Å². The van der Waals surface area contributed by atoms with Crippen molar-refractivity contribution in [3.8, 4) is 11.1 Å². The Balaban J connectivity index is 1.18. The molecular formula is C34H38N4O2. The van der Waals surface area contributed by atoms with E-state index in [4.69, 9.17) is 0 Å². The van der Waals surface area contributed by atoms with E-state index < -0.39 is 0 Å². The lowest BCUT2D eigenvalue weighted by Gasteiger charge is -2.26. The van der Waals surface area contributed by atoms with Crippen molar-refractivity contribution in [2.24, 2.45) is 0 Å². The SMILES string of the molecule is O=C1NC(=O)c2ccc(-c3ccc(CN4CCCCC4)cc3)cc2C1=CNc1ccc(CN2CCCCC2)cc1. The summed E-state index contributed by atoms with van der Waals surface area (Å²) in [5.74, 6) is -0.747. The van der Waals surface area contributed by atoms with Crippen molar-refractivity contribution < 1.29 is 9.59 Å². The number of anilines is 1. The molecule has 0 aromatic heterocycles. The fourth-order valence-electron chi connectivity index (χ4n) is 6.06. The minimum absolute atomic E-state index is 0.359. The lowest BCUT2D eigenvalue weighted by Crippen LogP contribution is -2.36. The summed E-state index contributed by atoms with van der Waals surface area (Å²) < 4.78 is 0. The maximum Gasteiger partial charge on any atom is 0.260 e. The number of hydrogen-bond donors (Lipinski definition) is 2. The van der Waals surface area contributed by atoms with Gasteiger partial charge in [-0.3, -0.25) is 24.7 Å². The van der Waals surface area contributed by atoms with Gasteiger partial charge in [-0.05, 0) is 98.4 Å². The highest BCUT2D eigenvalue weighted by molar-refractivity contribution is 6.31. The first kappa shape index (κ1) is 26.5. The third-order valence-corrected chi connectivity index (χ3v) is 8.36. The van der Waals surface area contributed by atoms with E-state index in [0.717, 1.165) is 29.9 Å². The second-order valence-corrected chi connectivity index (χ2v) is 11.3. The minimum Gasteiger partial charge on any atom is -0.361 e. The van der Waals surface area contributed by atoms with Crippen LogP contribution in [0.5, 0.6) is 0 Å². The smallest absolute Gasteiger partial charge is 0.260 e. The number of rotatable bonds is 7. The Bertz CT molecular complexity index is 1380. The van der Waals surface area contributed by atoms with Crippen LogP contribution in [-0.4, -0.2) is 47.8 Å². The van der Waals surface area contributed by atoms with Crippen molar-refractivity contribution in [1.82, 2.24) is 15.1 Å². The van der Waals surface area contributed by atoms with Crippen LogP contribution in [0, 0.1) is 0 Å². The van der Waals surface area contributed by atoms with Crippen LogP contribution in [0.1, 0.15) is 65.6 Å². The van der Waals surface area contributed by atoms with E-state index in [1.54, 1.807) is 6.20 Å². The molecule has 40 heavy (non-hydrogen) atoms. The number of carbonyl (C=O) groups excluding carboxylic acids is 2. The van der Waals surface area contributed by atoms with Gasteiger partial charge in [0.1, 0.15) is 0 Å². The monoisotopic (exact) mass is 534 g/mol. The van der Waals surface area contributed by atoms with Gasteiger partial charge in [0.25, 0.3) is 11.8 Å². The molecule has 6 nitrogen and oxygen atoms in total. The van der Waals surface area contributed by atoms with Crippen LogP contribution in [0.15, 0.2) is 72.9 Å². The topological polar surface area (TPSA) is 64.7 Å². The quantitative estimate of drug-likeness (QED) is 0.285. The number of nitrogens with one attached hydrogen (secondary N) is 2. The Morgan fingerprint density at radius 3 is 1.77 bits per heavy atom. The van der Waals surface area contributed by atoms with E-state index in [1.165, 1.54) is 75.8 Å². The Kier molecular flexibility index (Phi) is 8.07. The summed E-state index contributed by atoms with van der Waals surface area (Å²) in [5, 5.41) is 5.77. The number of fused-ring (bicyclic) bond motifs is 1. The largest absolute Gasteiger partial charge is 0.361 e. The van der Waals surface area contributed by atoms with Crippen LogP contribution in [0.3, 0.4) is 0 Å². The van der Waals surface area contributed by atoms with E-state index in [0.29, 0.717) is 16.7 Å². The summed E-state index contributed by atoms with van der Waals surface area (Å²) in [7, 11) is 0. The third kappa shape index (κ3) is 6.19. The average Bonchev–Trinajstić information content (AvgIpc) is 2.99. The molecule has 0 radical (unpaired) electrons. The fourth-order valence-corrected chi connectivity index (χ4v) is 6.06. The molecule has 6 heteroatoms. The predicted octanol–water partition coefficient (Wildman–Crippen LogP) is 6.05. The van der Waals surface area contributed by atoms with Gasteiger partial charge in [-0.1, -0.05) is 55.3 Å². The highest BCUT2D eigenvalue weighted by atomic mass is 16.2. The number of piperidine rings is 2. The van der Waals surface area contributed by atoms with Crippen LogP contribution in [0.4, 0.5) is 5.69 Å². The first-order chi connectivity index (χ1) is 19.6. The lowest BCUT2D eigenvalue weighted by molar-refractivity contribution is -0.114. The molecule has 0 saturated carbocycles. The standard InChI is InChI=1S/C34H38N4O2/c39-33-30-16-13-28(27-11-7-25(8-12-27)23-37-17-3-1-4-18-37)21-31(30)32(34(40)36-33)22-35-29-14-9-26(10-15-29)24-38-19-5-2-6-20-38/h7-16,21-22,35H,1-6,17-20,23-24H2,(H,36,39,40). The molecule has 2 saturated heterocycles. The van der Waals surface area contributed by atoms with E-state index in [2.05, 4.69) is 56.8 Å². The van der Waals surface area contributed by atoms with Gasteiger partial charge in [0.05, 0.1) is 5.57 Å². The van der Waals surface area contributed by atoms with E-state index in [-0.39, 0.29) is 11.8 Å². The molecule has 3 heterocycles. The molecule has 0 atom stereocenters. The average molecular weight is 535 g/mol. The molecule has 0 bridgehead atoms. The van der Waals surface area contributed by atoms with Crippen molar-refractivity contribution in [2.75, 3.05) is 31.5 Å². The lowest BCUT2D eigenvalue weighted by atomic mass is 9.91. The van der Waals surface area contributed by atoms with Crippen LogP contribution >= 0.6 is 0 Å². The van der Waals surface area contributed by atoms with Crippen molar-refractivity contribution in [3.05, 3.63) is 95.2 Å². The van der Waals surface area contributed by atoms with Gasteiger partial charge in [-0.15, -0.1) is 0 Å². The molecule has 206 valence electrons. The number of hydrogen-bond acceptors (Lipinski definition) is 5. The maximum absolute atomic E-state index is 12.9. The Morgan fingerprint density at radius 2 is 1.18 bits per heavy atom. The predicted molar refractivity (Wildman–Crippen MR) is 161 cm³/mol. The van der Waals surface area contributed by atoms with Crippen molar-refractivity contribution in [3.63, 3.8) is 0 Å². The van der Waals surface area contributed by atoms with Crippen LogP contribution in [-0.2, 0) is 17.9 Å². The van der Waals surface area contributed by atoms with Crippen molar-refractivity contribution in [1.29, 1.82) is 0 Å². The first-order valence-corrected chi connectivity index (χ1v) is 14.7. The summed E-state index contributed by atoms with van der Waals surface area (Å²) in [6.07, 6.45) is 9.53. The molecule has 0 spiro atoms. The summed E-state index contributed by atoms with van der Waals surface area (Å²) >= 11 is 0. The maximum atomic E-state index is 12.9. The van der Waals surface area contributed by atoms with E-state index >= 15 is 0 Å². The number of benzene rings is 3. The van der Waals surface area contributed by atoms with Gasteiger partial charge in [-0.2, -0.15) is 0 Å². The summed E-state index contributed by atoms with van der Waals surface area (Å²) in [4.78, 5) is 30.5. The van der Waals surface area contributed by atoms with Gasteiger partial charge < -0.3 is 5.32 Å². The molecule has 3 aliphatic heterocycles. The van der Waals surface area contributed by atoms with Gasteiger partial charge in [0.15, 0.2) is 0 Å². The van der Waals surface area contributed by atoms with Crippen LogP contribution < -0.4 is 10.6 Å². The van der Waals surface area contributed by atoms with Gasteiger partial charge in [0, 0.05) is 36.1 Å². The molecule has 2 N–H and O–H groups in total. The first-order valence-electron chi connectivity index (χ1n) is 14.7.